The molecule has 0 bridgehead atoms. The minimum Gasteiger partial charge on any atom is -0.368 e. The van der Waals surface area contributed by atoms with E-state index in [1.54, 1.807) is 30.3 Å². The molecular formula is C17H14ClF4N3. The van der Waals surface area contributed by atoms with E-state index in [4.69, 9.17) is 11.6 Å². The van der Waals surface area contributed by atoms with Gasteiger partial charge in [0.15, 0.2) is 11.6 Å². The Labute approximate surface area is 146 Å². The van der Waals surface area contributed by atoms with Gasteiger partial charge in [-0.3, -0.25) is 5.10 Å². The van der Waals surface area contributed by atoms with Gasteiger partial charge >= 0.3 is 6.18 Å². The molecule has 0 saturated carbocycles. The van der Waals surface area contributed by atoms with Crippen molar-refractivity contribution in [2.24, 2.45) is 0 Å². The van der Waals surface area contributed by atoms with Crippen LogP contribution in [0, 0.1) is 5.82 Å². The fourth-order valence-electron chi connectivity index (χ4n) is 2.55. The first-order valence-electron chi connectivity index (χ1n) is 7.59. The molecule has 1 aromatic heterocycles. The molecule has 3 rings (SSSR count). The van der Waals surface area contributed by atoms with Gasteiger partial charge in [-0.25, -0.2) is 4.39 Å². The van der Waals surface area contributed by atoms with Crippen molar-refractivity contribution >= 4 is 28.3 Å². The Hall–Kier alpha value is -2.28. The third-order valence-corrected chi connectivity index (χ3v) is 4.13. The van der Waals surface area contributed by atoms with Crippen molar-refractivity contribution in [1.82, 2.24) is 10.2 Å². The molecule has 0 spiro atoms. The van der Waals surface area contributed by atoms with E-state index in [0.29, 0.717) is 16.8 Å². The zero-order valence-electron chi connectivity index (χ0n) is 12.9. The van der Waals surface area contributed by atoms with Crippen molar-refractivity contribution in [3.8, 4) is 11.1 Å². The van der Waals surface area contributed by atoms with E-state index in [2.05, 4.69) is 15.5 Å². The standard InChI is InChI=1S/C17H14ClF4N3/c18-13-11(10-5-2-1-3-6-10)9-12-15(14(13)19)24-25-16(12)23-8-4-7-17(20,21)22/h1-3,5-6,9H,4,7-8H2,(H2,23,24,25). The first-order chi connectivity index (χ1) is 11.9. The number of fused-ring (bicyclic) bond motifs is 1. The average molecular weight is 372 g/mol. The molecule has 2 aromatic carbocycles. The zero-order valence-corrected chi connectivity index (χ0v) is 13.7. The van der Waals surface area contributed by atoms with Gasteiger partial charge in [-0.15, -0.1) is 0 Å². The molecule has 25 heavy (non-hydrogen) atoms. The smallest absolute Gasteiger partial charge is 0.368 e. The maximum Gasteiger partial charge on any atom is 0.389 e. The summed E-state index contributed by atoms with van der Waals surface area (Å²) in [5.41, 5.74) is 1.34. The summed E-state index contributed by atoms with van der Waals surface area (Å²) in [5, 5.41) is 9.70. The van der Waals surface area contributed by atoms with Gasteiger partial charge in [-0.05, 0) is 18.1 Å². The van der Waals surface area contributed by atoms with Crippen LogP contribution in [0.5, 0.6) is 0 Å². The molecular weight excluding hydrogens is 358 g/mol. The normalized spacial score (nSPS) is 11.9. The minimum atomic E-state index is -4.20. The van der Waals surface area contributed by atoms with E-state index in [-0.39, 0.29) is 23.5 Å². The molecule has 3 aromatic rings. The second-order valence-electron chi connectivity index (χ2n) is 5.56. The summed E-state index contributed by atoms with van der Waals surface area (Å²) < 4.78 is 51.1. The predicted molar refractivity (Wildman–Crippen MR) is 90.3 cm³/mol. The maximum absolute atomic E-state index is 14.5. The highest BCUT2D eigenvalue weighted by Gasteiger charge is 2.26. The highest BCUT2D eigenvalue weighted by Crippen LogP contribution is 2.36. The molecule has 3 nitrogen and oxygen atoms in total. The highest BCUT2D eigenvalue weighted by molar-refractivity contribution is 6.34. The van der Waals surface area contributed by atoms with E-state index >= 15 is 0 Å². The fraction of sp³-hybridized carbons (Fsp3) is 0.235. The van der Waals surface area contributed by atoms with Crippen LogP contribution in [0.25, 0.3) is 22.0 Å². The Kier molecular flexibility index (Phi) is 4.85. The number of nitrogens with zero attached hydrogens (tertiary/aromatic N) is 1. The van der Waals surface area contributed by atoms with Gasteiger partial charge in [0.05, 0.1) is 5.02 Å². The van der Waals surface area contributed by atoms with Gasteiger partial charge in [0.2, 0.25) is 0 Å². The quantitative estimate of drug-likeness (QED) is 0.441. The molecule has 0 saturated heterocycles. The summed E-state index contributed by atoms with van der Waals surface area (Å²) >= 11 is 6.12. The molecule has 0 aliphatic rings. The molecule has 0 radical (unpaired) electrons. The van der Waals surface area contributed by atoms with Gasteiger partial charge < -0.3 is 5.32 Å². The number of benzene rings is 2. The Bertz CT molecular complexity index is 875. The van der Waals surface area contributed by atoms with Crippen molar-refractivity contribution in [3.63, 3.8) is 0 Å². The molecule has 0 unspecified atom stereocenters. The molecule has 0 atom stereocenters. The molecule has 132 valence electrons. The number of H-pyrrole nitrogens is 1. The molecule has 2 N–H and O–H groups in total. The molecule has 0 aliphatic carbocycles. The van der Waals surface area contributed by atoms with Crippen molar-refractivity contribution < 1.29 is 17.6 Å². The maximum atomic E-state index is 14.5. The summed E-state index contributed by atoms with van der Waals surface area (Å²) in [6.45, 7) is 0.0738. The molecule has 1 heterocycles. The van der Waals surface area contributed by atoms with Crippen LogP contribution in [0.1, 0.15) is 12.8 Å². The van der Waals surface area contributed by atoms with E-state index in [0.717, 1.165) is 5.56 Å². The summed E-state index contributed by atoms with van der Waals surface area (Å²) in [7, 11) is 0. The number of aromatic amines is 1. The van der Waals surface area contributed by atoms with Crippen molar-refractivity contribution in [1.29, 1.82) is 0 Å². The third kappa shape index (κ3) is 3.87. The van der Waals surface area contributed by atoms with Crippen LogP contribution in [0.4, 0.5) is 23.4 Å². The summed E-state index contributed by atoms with van der Waals surface area (Å²) in [4.78, 5) is 0. The molecule has 8 heteroatoms. The SMILES string of the molecule is Fc1c(Cl)c(-c2ccccc2)cc2c(NCCCC(F)(F)F)n[nH]c12. The largest absolute Gasteiger partial charge is 0.389 e. The summed E-state index contributed by atoms with van der Waals surface area (Å²) in [6.07, 6.45) is -5.19. The second kappa shape index (κ2) is 6.92. The Morgan fingerprint density at radius 2 is 1.88 bits per heavy atom. The minimum absolute atomic E-state index is 0.0361. The molecule has 0 aliphatic heterocycles. The number of aromatic nitrogens is 2. The average Bonchev–Trinajstić information content (AvgIpc) is 2.98. The lowest BCUT2D eigenvalue weighted by molar-refractivity contribution is -0.134. The van der Waals surface area contributed by atoms with Gasteiger partial charge in [0, 0.05) is 23.9 Å². The second-order valence-corrected chi connectivity index (χ2v) is 5.94. The first-order valence-corrected chi connectivity index (χ1v) is 7.97. The van der Waals surface area contributed by atoms with Gasteiger partial charge in [0.25, 0.3) is 0 Å². The van der Waals surface area contributed by atoms with E-state index in [1.165, 1.54) is 0 Å². The number of hydrogen-bond donors (Lipinski definition) is 2. The van der Waals surface area contributed by atoms with Crippen molar-refractivity contribution in [2.75, 3.05) is 11.9 Å². The van der Waals surface area contributed by atoms with Gasteiger partial charge in [-0.2, -0.15) is 18.3 Å². The van der Waals surface area contributed by atoms with E-state index < -0.39 is 18.4 Å². The summed E-state index contributed by atoms with van der Waals surface area (Å²) in [5.74, 6) is -0.348. The number of nitrogens with one attached hydrogen (secondary N) is 2. The lowest BCUT2D eigenvalue weighted by Gasteiger charge is -2.09. The Morgan fingerprint density at radius 1 is 1.16 bits per heavy atom. The monoisotopic (exact) mass is 371 g/mol. The fourth-order valence-corrected chi connectivity index (χ4v) is 2.81. The highest BCUT2D eigenvalue weighted by atomic mass is 35.5. The van der Waals surface area contributed by atoms with Crippen LogP contribution < -0.4 is 5.32 Å². The van der Waals surface area contributed by atoms with Gasteiger partial charge in [-0.1, -0.05) is 41.9 Å². The number of halogens is 5. The molecule has 0 fully saturated rings. The lowest BCUT2D eigenvalue weighted by Crippen LogP contribution is -2.11. The Balaban J connectivity index is 1.90. The van der Waals surface area contributed by atoms with Crippen LogP contribution in [0.2, 0.25) is 5.02 Å². The number of rotatable bonds is 5. The number of hydrogen-bond acceptors (Lipinski definition) is 2. The van der Waals surface area contributed by atoms with Crippen LogP contribution in [0.15, 0.2) is 36.4 Å². The Morgan fingerprint density at radius 3 is 2.56 bits per heavy atom. The van der Waals surface area contributed by atoms with Crippen molar-refractivity contribution in [2.45, 2.75) is 19.0 Å². The third-order valence-electron chi connectivity index (χ3n) is 3.76. The van der Waals surface area contributed by atoms with Gasteiger partial charge in [0.1, 0.15) is 5.52 Å². The number of alkyl halides is 3. The van der Waals surface area contributed by atoms with Crippen LogP contribution in [0.3, 0.4) is 0 Å². The van der Waals surface area contributed by atoms with Crippen LogP contribution in [-0.2, 0) is 0 Å². The van der Waals surface area contributed by atoms with Crippen LogP contribution in [-0.4, -0.2) is 22.9 Å². The first kappa shape index (κ1) is 17.5. The van der Waals surface area contributed by atoms with Crippen molar-refractivity contribution in [3.05, 3.63) is 47.2 Å². The van der Waals surface area contributed by atoms with Crippen LogP contribution >= 0.6 is 11.6 Å². The topological polar surface area (TPSA) is 40.7 Å². The number of anilines is 1. The summed E-state index contributed by atoms with van der Waals surface area (Å²) in [6, 6.07) is 10.7. The van der Waals surface area contributed by atoms with E-state index in [9.17, 15) is 17.6 Å². The predicted octanol–water partition coefficient (Wildman–Crippen LogP) is 5.78. The lowest BCUT2D eigenvalue weighted by atomic mass is 10.0. The molecule has 0 amide bonds. The van der Waals surface area contributed by atoms with E-state index in [1.807, 2.05) is 6.07 Å². The zero-order chi connectivity index (χ0) is 18.0.